The highest BCUT2D eigenvalue weighted by molar-refractivity contribution is 5.76. The van der Waals surface area contributed by atoms with Crippen molar-refractivity contribution in [2.75, 3.05) is 25.6 Å². The van der Waals surface area contributed by atoms with Crippen molar-refractivity contribution in [3.8, 4) is 5.88 Å². The van der Waals surface area contributed by atoms with E-state index in [1.165, 1.54) is 13.3 Å². The second kappa shape index (κ2) is 7.44. The van der Waals surface area contributed by atoms with Crippen molar-refractivity contribution in [3.63, 3.8) is 0 Å². The molecular formula is C11H17N3O4. The molecule has 1 aromatic rings. The second-order valence-electron chi connectivity index (χ2n) is 3.47. The number of aliphatic carboxylic acids is 1. The van der Waals surface area contributed by atoms with E-state index in [0.717, 1.165) is 0 Å². The molecule has 100 valence electrons. The van der Waals surface area contributed by atoms with Crippen LogP contribution < -0.4 is 10.1 Å². The number of methoxy groups -OCH3 is 1. The molecule has 0 spiro atoms. The SMILES string of the molecule is CCOc1ccnc(NC(CCOC)C(=O)O)n1. The highest BCUT2D eigenvalue weighted by Gasteiger charge is 2.18. The van der Waals surface area contributed by atoms with Gasteiger partial charge in [0.1, 0.15) is 6.04 Å². The molecule has 0 amide bonds. The highest BCUT2D eigenvalue weighted by atomic mass is 16.5. The molecule has 1 atom stereocenters. The first-order chi connectivity index (χ1) is 8.67. The van der Waals surface area contributed by atoms with Gasteiger partial charge in [-0.15, -0.1) is 0 Å². The molecular weight excluding hydrogens is 238 g/mol. The Bertz CT molecular complexity index is 386. The van der Waals surface area contributed by atoms with Crippen molar-refractivity contribution in [1.29, 1.82) is 0 Å². The summed E-state index contributed by atoms with van der Waals surface area (Å²) >= 11 is 0. The van der Waals surface area contributed by atoms with Gasteiger partial charge in [0.05, 0.1) is 6.61 Å². The molecule has 0 aliphatic heterocycles. The number of carbonyl (C=O) groups is 1. The van der Waals surface area contributed by atoms with Crippen molar-refractivity contribution in [2.24, 2.45) is 0 Å². The maximum absolute atomic E-state index is 11.0. The minimum Gasteiger partial charge on any atom is -0.480 e. The van der Waals surface area contributed by atoms with Crippen LogP contribution in [0.2, 0.25) is 0 Å². The third-order valence-corrected chi connectivity index (χ3v) is 2.13. The number of hydrogen-bond acceptors (Lipinski definition) is 6. The Morgan fingerprint density at radius 1 is 1.61 bits per heavy atom. The fraction of sp³-hybridized carbons (Fsp3) is 0.545. The number of nitrogens with one attached hydrogen (secondary N) is 1. The van der Waals surface area contributed by atoms with Gasteiger partial charge in [-0.1, -0.05) is 0 Å². The summed E-state index contributed by atoms with van der Waals surface area (Å²) in [5, 5.41) is 11.8. The van der Waals surface area contributed by atoms with Gasteiger partial charge >= 0.3 is 5.97 Å². The van der Waals surface area contributed by atoms with Crippen LogP contribution in [0.3, 0.4) is 0 Å². The van der Waals surface area contributed by atoms with Crippen LogP contribution >= 0.6 is 0 Å². The standard InChI is InChI=1S/C11H17N3O4/c1-3-18-9-4-6-12-11(14-9)13-8(10(15)16)5-7-17-2/h4,6,8H,3,5,7H2,1-2H3,(H,15,16)(H,12,13,14). The topological polar surface area (TPSA) is 93.6 Å². The summed E-state index contributed by atoms with van der Waals surface area (Å²) in [7, 11) is 1.52. The zero-order valence-corrected chi connectivity index (χ0v) is 10.4. The Hall–Kier alpha value is -1.89. The van der Waals surface area contributed by atoms with E-state index in [9.17, 15) is 4.79 Å². The Kier molecular flexibility index (Phi) is 5.86. The van der Waals surface area contributed by atoms with Crippen LogP contribution in [0, 0.1) is 0 Å². The molecule has 1 heterocycles. The number of carboxylic acids is 1. The van der Waals surface area contributed by atoms with Crippen molar-refractivity contribution in [1.82, 2.24) is 9.97 Å². The zero-order chi connectivity index (χ0) is 13.4. The molecule has 0 bridgehead atoms. The summed E-state index contributed by atoms with van der Waals surface area (Å²) in [4.78, 5) is 19.0. The summed E-state index contributed by atoms with van der Waals surface area (Å²) in [6.45, 7) is 2.67. The minimum atomic E-state index is -0.975. The van der Waals surface area contributed by atoms with Gasteiger partial charge in [0.15, 0.2) is 0 Å². The van der Waals surface area contributed by atoms with Crippen LogP contribution in [-0.2, 0) is 9.53 Å². The Balaban J connectivity index is 2.67. The van der Waals surface area contributed by atoms with Crippen LogP contribution in [0.1, 0.15) is 13.3 Å². The normalized spacial score (nSPS) is 11.9. The smallest absolute Gasteiger partial charge is 0.326 e. The molecule has 0 aliphatic carbocycles. The molecule has 18 heavy (non-hydrogen) atoms. The van der Waals surface area contributed by atoms with Crippen LogP contribution in [0.4, 0.5) is 5.95 Å². The lowest BCUT2D eigenvalue weighted by molar-refractivity contribution is -0.138. The van der Waals surface area contributed by atoms with Crippen molar-refractivity contribution < 1.29 is 19.4 Å². The molecule has 0 saturated heterocycles. The van der Waals surface area contributed by atoms with Crippen LogP contribution in [0.15, 0.2) is 12.3 Å². The summed E-state index contributed by atoms with van der Waals surface area (Å²) in [5.74, 6) is -0.340. The molecule has 1 rings (SSSR count). The first-order valence-corrected chi connectivity index (χ1v) is 5.61. The van der Waals surface area contributed by atoms with Gasteiger partial charge in [-0.05, 0) is 6.92 Å². The van der Waals surface area contributed by atoms with Gasteiger partial charge in [0.2, 0.25) is 11.8 Å². The van der Waals surface area contributed by atoms with E-state index in [2.05, 4.69) is 15.3 Å². The number of hydrogen-bond donors (Lipinski definition) is 2. The van der Waals surface area contributed by atoms with Gasteiger partial charge in [0, 0.05) is 32.4 Å². The number of carboxylic acid groups (broad SMARTS) is 1. The highest BCUT2D eigenvalue weighted by Crippen LogP contribution is 2.10. The first-order valence-electron chi connectivity index (χ1n) is 5.61. The van der Waals surface area contributed by atoms with E-state index >= 15 is 0 Å². The number of anilines is 1. The fourth-order valence-corrected chi connectivity index (χ4v) is 1.29. The lowest BCUT2D eigenvalue weighted by atomic mass is 10.2. The lowest BCUT2D eigenvalue weighted by Gasteiger charge is -2.14. The van der Waals surface area contributed by atoms with Crippen molar-refractivity contribution >= 4 is 11.9 Å². The largest absolute Gasteiger partial charge is 0.480 e. The Labute approximate surface area is 105 Å². The van der Waals surface area contributed by atoms with E-state index in [4.69, 9.17) is 14.6 Å². The fourth-order valence-electron chi connectivity index (χ4n) is 1.29. The molecule has 0 saturated carbocycles. The molecule has 1 aromatic heterocycles. The minimum absolute atomic E-state index is 0.226. The van der Waals surface area contributed by atoms with E-state index < -0.39 is 12.0 Å². The van der Waals surface area contributed by atoms with Crippen LogP contribution in [0.5, 0.6) is 5.88 Å². The number of aromatic nitrogens is 2. The summed E-state index contributed by atoms with van der Waals surface area (Å²) in [6, 6.07) is 0.821. The Morgan fingerprint density at radius 2 is 2.39 bits per heavy atom. The average Bonchev–Trinajstić information content (AvgIpc) is 2.35. The van der Waals surface area contributed by atoms with Gasteiger partial charge in [0.25, 0.3) is 0 Å². The molecule has 0 fully saturated rings. The van der Waals surface area contributed by atoms with Crippen LogP contribution in [-0.4, -0.2) is 47.4 Å². The van der Waals surface area contributed by atoms with Gasteiger partial charge in [-0.25, -0.2) is 9.78 Å². The number of nitrogens with zero attached hydrogens (tertiary/aromatic N) is 2. The summed E-state index contributed by atoms with van der Waals surface area (Å²) in [6.07, 6.45) is 1.84. The summed E-state index contributed by atoms with van der Waals surface area (Å²) in [5.41, 5.74) is 0. The number of ether oxygens (including phenoxy) is 2. The molecule has 7 nitrogen and oxygen atoms in total. The molecule has 2 N–H and O–H groups in total. The first kappa shape index (κ1) is 14.2. The average molecular weight is 255 g/mol. The third kappa shape index (κ3) is 4.54. The molecule has 0 aliphatic rings. The van der Waals surface area contributed by atoms with Gasteiger partial charge in [-0.2, -0.15) is 4.98 Å². The lowest BCUT2D eigenvalue weighted by Crippen LogP contribution is -2.31. The summed E-state index contributed by atoms with van der Waals surface area (Å²) < 4.78 is 10.1. The number of rotatable bonds is 8. The molecule has 0 aromatic carbocycles. The van der Waals surface area contributed by atoms with Gasteiger partial charge in [-0.3, -0.25) is 0 Å². The quantitative estimate of drug-likeness (QED) is 0.708. The Morgan fingerprint density at radius 3 is 3.00 bits per heavy atom. The van der Waals surface area contributed by atoms with Crippen molar-refractivity contribution in [2.45, 2.75) is 19.4 Å². The molecule has 7 heteroatoms. The predicted octanol–water partition coefficient (Wildman–Crippen LogP) is 0.777. The third-order valence-electron chi connectivity index (χ3n) is 2.13. The van der Waals surface area contributed by atoms with Crippen molar-refractivity contribution in [3.05, 3.63) is 12.3 Å². The molecule has 0 radical (unpaired) electrons. The van der Waals surface area contributed by atoms with E-state index in [1.807, 2.05) is 6.92 Å². The zero-order valence-electron chi connectivity index (χ0n) is 10.4. The second-order valence-corrected chi connectivity index (χ2v) is 3.47. The maximum Gasteiger partial charge on any atom is 0.326 e. The molecule has 1 unspecified atom stereocenters. The predicted molar refractivity (Wildman–Crippen MR) is 64.7 cm³/mol. The van der Waals surface area contributed by atoms with Crippen LogP contribution in [0.25, 0.3) is 0 Å². The van der Waals surface area contributed by atoms with E-state index in [-0.39, 0.29) is 5.95 Å². The maximum atomic E-state index is 11.0. The van der Waals surface area contributed by atoms with Gasteiger partial charge < -0.3 is 19.9 Å². The monoisotopic (exact) mass is 255 g/mol. The van der Waals surface area contributed by atoms with E-state index in [1.54, 1.807) is 6.07 Å². The van der Waals surface area contributed by atoms with E-state index in [0.29, 0.717) is 25.5 Å².